The van der Waals surface area contributed by atoms with E-state index in [1.807, 2.05) is 0 Å². The summed E-state index contributed by atoms with van der Waals surface area (Å²) in [6, 6.07) is 20.3. The van der Waals surface area contributed by atoms with Crippen molar-refractivity contribution in [3.05, 3.63) is 95.5 Å². The maximum absolute atomic E-state index is 13.0. The van der Waals surface area contributed by atoms with Crippen LogP contribution in [0.1, 0.15) is 10.4 Å². The van der Waals surface area contributed by atoms with Gasteiger partial charge in [0.05, 0.1) is 9.92 Å². The van der Waals surface area contributed by atoms with Crippen molar-refractivity contribution in [2.24, 2.45) is 0 Å². The molecular weight excluding hydrogens is 412 g/mol. The van der Waals surface area contributed by atoms with E-state index in [0.29, 0.717) is 5.69 Å². The van der Waals surface area contributed by atoms with Crippen molar-refractivity contribution in [1.29, 1.82) is 0 Å². The Morgan fingerprint density at radius 2 is 1.34 bits per heavy atom. The first-order chi connectivity index (χ1) is 13.9. The Balaban J connectivity index is 1.96. The molecule has 6 nitrogen and oxygen atoms in total. The second-order valence-electron chi connectivity index (χ2n) is 6.07. The lowest BCUT2D eigenvalue weighted by molar-refractivity contribution is -0.116. The van der Waals surface area contributed by atoms with Gasteiger partial charge in [-0.05, 0) is 36.4 Å². The van der Waals surface area contributed by atoms with Crippen molar-refractivity contribution in [3.63, 3.8) is 0 Å². The first-order valence-corrected chi connectivity index (χ1v) is 10.5. The molecule has 0 aliphatic heterocycles. The zero-order valence-corrected chi connectivity index (χ0v) is 16.7. The summed E-state index contributed by atoms with van der Waals surface area (Å²) < 4.78 is 27.7. The van der Waals surface area contributed by atoms with Crippen molar-refractivity contribution >= 4 is 39.0 Å². The number of carbonyl (C=O) groups excluding carboxylic acids is 2. The number of nitrogens with one attached hydrogen (secondary N) is 2. The number of para-hydroxylation sites is 1. The molecule has 148 valence electrons. The summed E-state index contributed by atoms with van der Waals surface area (Å²) in [4.78, 5) is 25.8. The van der Waals surface area contributed by atoms with Gasteiger partial charge in [-0.1, -0.05) is 60.1 Å². The average Bonchev–Trinajstić information content (AvgIpc) is 2.73. The summed E-state index contributed by atoms with van der Waals surface area (Å²) in [5.74, 6) is -1.58. The van der Waals surface area contributed by atoms with Gasteiger partial charge in [0.15, 0.2) is 11.8 Å². The first-order valence-electron chi connectivity index (χ1n) is 8.60. The third-order valence-electron chi connectivity index (χ3n) is 4.03. The Bertz CT molecular complexity index is 1120. The Hall–Kier alpha value is -3.00. The Morgan fingerprint density at radius 3 is 1.97 bits per heavy atom. The van der Waals surface area contributed by atoms with Gasteiger partial charge >= 0.3 is 0 Å². The van der Waals surface area contributed by atoms with Gasteiger partial charge in [0, 0.05) is 11.3 Å². The van der Waals surface area contributed by atoms with Gasteiger partial charge in [-0.25, -0.2) is 8.42 Å². The van der Waals surface area contributed by atoms with E-state index in [2.05, 4.69) is 10.0 Å². The highest BCUT2D eigenvalue weighted by Crippen LogP contribution is 2.19. The van der Waals surface area contributed by atoms with Crippen molar-refractivity contribution in [2.45, 2.75) is 10.9 Å². The number of benzene rings is 3. The molecular formula is C21H17ClN2O4S. The van der Waals surface area contributed by atoms with Gasteiger partial charge in [0.25, 0.3) is 5.91 Å². The number of carbonyl (C=O) groups is 2. The minimum Gasteiger partial charge on any atom is -0.324 e. The van der Waals surface area contributed by atoms with Gasteiger partial charge in [0.1, 0.15) is 0 Å². The second-order valence-corrected chi connectivity index (χ2v) is 8.19. The number of halogens is 1. The third-order valence-corrected chi connectivity index (χ3v) is 5.80. The van der Waals surface area contributed by atoms with Crippen molar-refractivity contribution in [1.82, 2.24) is 4.72 Å². The molecule has 3 aromatic carbocycles. The number of Topliss-reactive ketones (excluding diaryl/α,β-unsaturated/α-hetero) is 1. The fraction of sp³-hybridized carbons (Fsp3) is 0.0476. The molecule has 0 aromatic heterocycles. The van der Waals surface area contributed by atoms with Crippen LogP contribution in [0.25, 0.3) is 0 Å². The number of sulfonamides is 1. The highest BCUT2D eigenvalue weighted by molar-refractivity contribution is 7.89. The number of hydrogen-bond acceptors (Lipinski definition) is 4. The summed E-state index contributed by atoms with van der Waals surface area (Å²) >= 11 is 6.09. The lowest BCUT2D eigenvalue weighted by Crippen LogP contribution is -2.49. The van der Waals surface area contributed by atoms with Crippen molar-refractivity contribution < 1.29 is 18.0 Å². The minimum atomic E-state index is -4.14. The van der Waals surface area contributed by atoms with E-state index in [9.17, 15) is 18.0 Å². The van der Waals surface area contributed by atoms with E-state index in [4.69, 9.17) is 11.6 Å². The lowest BCUT2D eigenvalue weighted by Gasteiger charge is -2.18. The molecule has 0 bridgehead atoms. The predicted molar refractivity (Wildman–Crippen MR) is 111 cm³/mol. The van der Waals surface area contributed by atoms with Crippen LogP contribution in [0.3, 0.4) is 0 Å². The molecule has 8 heteroatoms. The van der Waals surface area contributed by atoms with E-state index >= 15 is 0 Å². The molecule has 3 aromatic rings. The number of ketones is 1. The molecule has 0 aliphatic rings. The van der Waals surface area contributed by atoms with Crippen LogP contribution in [0.2, 0.25) is 5.02 Å². The van der Waals surface area contributed by atoms with Crippen LogP contribution in [0.15, 0.2) is 89.8 Å². The van der Waals surface area contributed by atoms with Crippen LogP contribution in [-0.2, 0) is 14.8 Å². The smallest absolute Gasteiger partial charge is 0.250 e. The highest BCUT2D eigenvalue weighted by Gasteiger charge is 2.33. The van der Waals surface area contributed by atoms with Gasteiger partial charge in [-0.3, -0.25) is 9.59 Å². The van der Waals surface area contributed by atoms with E-state index in [0.717, 1.165) is 0 Å². The summed E-state index contributed by atoms with van der Waals surface area (Å²) in [6.07, 6.45) is 0. The molecule has 2 N–H and O–H groups in total. The molecule has 0 spiro atoms. The van der Waals surface area contributed by atoms with Gasteiger partial charge in [-0.2, -0.15) is 4.72 Å². The Labute approximate surface area is 173 Å². The fourth-order valence-corrected chi connectivity index (χ4v) is 4.01. The number of hydrogen-bond donors (Lipinski definition) is 2. The fourth-order valence-electron chi connectivity index (χ4n) is 2.60. The quantitative estimate of drug-likeness (QED) is 0.445. The summed E-state index contributed by atoms with van der Waals surface area (Å²) in [7, 11) is -4.14. The van der Waals surface area contributed by atoms with Gasteiger partial charge in [-0.15, -0.1) is 0 Å². The van der Waals surface area contributed by atoms with Crippen molar-refractivity contribution in [3.8, 4) is 0 Å². The average molecular weight is 429 g/mol. The molecule has 29 heavy (non-hydrogen) atoms. The zero-order chi connectivity index (χ0) is 20.9. The highest BCUT2D eigenvalue weighted by atomic mass is 35.5. The monoisotopic (exact) mass is 428 g/mol. The normalized spacial score (nSPS) is 12.2. The molecule has 1 unspecified atom stereocenters. The molecule has 0 radical (unpaired) electrons. The predicted octanol–water partition coefficient (Wildman–Crippen LogP) is 3.51. The lowest BCUT2D eigenvalue weighted by atomic mass is 10.0. The third kappa shape index (κ3) is 5.08. The second kappa shape index (κ2) is 9.00. The SMILES string of the molecule is O=C(Nc1ccccc1)C(NS(=O)(=O)c1ccccc1)C(=O)c1ccccc1Cl. The topological polar surface area (TPSA) is 92.3 Å². The van der Waals surface area contributed by atoms with Crippen LogP contribution in [-0.4, -0.2) is 26.2 Å². The molecule has 0 fully saturated rings. The molecule has 1 atom stereocenters. The van der Waals surface area contributed by atoms with Gasteiger partial charge < -0.3 is 5.32 Å². The molecule has 0 heterocycles. The number of rotatable bonds is 7. The number of amides is 1. The van der Waals surface area contributed by atoms with E-state index in [-0.39, 0.29) is 15.5 Å². The molecule has 0 saturated carbocycles. The number of anilines is 1. The van der Waals surface area contributed by atoms with E-state index < -0.39 is 27.8 Å². The van der Waals surface area contributed by atoms with Crippen molar-refractivity contribution in [2.75, 3.05) is 5.32 Å². The minimum absolute atomic E-state index is 0.0399. The zero-order valence-electron chi connectivity index (χ0n) is 15.1. The first kappa shape index (κ1) is 20.7. The summed E-state index contributed by atoms with van der Waals surface area (Å²) in [5, 5.41) is 2.68. The van der Waals surface area contributed by atoms with E-state index in [1.165, 1.54) is 24.3 Å². The molecule has 0 saturated heterocycles. The summed E-state index contributed by atoms with van der Waals surface area (Å²) in [6.45, 7) is 0. The van der Waals surface area contributed by atoms with Gasteiger partial charge in [0.2, 0.25) is 10.0 Å². The molecule has 3 rings (SSSR count). The van der Waals surface area contributed by atoms with Crippen LogP contribution in [0.5, 0.6) is 0 Å². The van der Waals surface area contributed by atoms with E-state index in [1.54, 1.807) is 60.7 Å². The largest absolute Gasteiger partial charge is 0.324 e. The van der Waals surface area contributed by atoms with Crippen LogP contribution >= 0.6 is 11.6 Å². The van der Waals surface area contributed by atoms with Crippen LogP contribution in [0.4, 0.5) is 5.69 Å². The van der Waals surface area contributed by atoms with Crippen LogP contribution in [0, 0.1) is 0 Å². The Morgan fingerprint density at radius 1 is 0.793 bits per heavy atom. The Kier molecular flexibility index (Phi) is 6.43. The van der Waals surface area contributed by atoms with Crippen LogP contribution < -0.4 is 10.0 Å². The maximum Gasteiger partial charge on any atom is 0.250 e. The standard InChI is InChI=1S/C21H17ClN2O4S/c22-18-14-8-7-13-17(18)20(25)19(21(26)23-15-9-3-1-4-10-15)24-29(27,28)16-11-5-2-6-12-16/h1-14,19,24H,(H,23,26). The molecule has 1 amide bonds. The molecule has 0 aliphatic carbocycles. The summed E-state index contributed by atoms with van der Waals surface area (Å²) in [5.41, 5.74) is 0.464. The maximum atomic E-state index is 13.0.